The maximum absolute atomic E-state index is 10.1. The van der Waals surface area contributed by atoms with Gasteiger partial charge in [-0.3, -0.25) is 0 Å². The molecule has 2 aromatic rings. The van der Waals surface area contributed by atoms with E-state index >= 15 is 0 Å². The van der Waals surface area contributed by atoms with Gasteiger partial charge in [0.15, 0.2) is 0 Å². The van der Waals surface area contributed by atoms with Gasteiger partial charge in [-0.25, -0.2) is 4.98 Å². The molecule has 0 saturated heterocycles. The Bertz CT molecular complexity index is 481. The van der Waals surface area contributed by atoms with Gasteiger partial charge in [0.05, 0.1) is 6.10 Å². The first-order valence-electron chi connectivity index (χ1n) is 5.08. The van der Waals surface area contributed by atoms with Gasteiger partial charge in [0.1, 0.15) is 5.82 Å². The quantitative estimate of drug-likeness (QED) is 0.856. The number of aliphatic hydroxyl groups is 1. The third-order valence-electron chi connectivity index (χ3n) is 2.59. The summed E-state index contributed by atoms with van der Waals surface area (Å²) >= 11 is 1.60. The van der Waals surface area contributed by atoms with Crippen LogP contribution in [0, 0.1) is 6.92 Å². The fraction of sp³-hybridized carbons (Fsp3) is 0.250. The molecule has 0 saturated carbocycles. The Morgan fingerprint density at radius 3 is 2.94 bits per heavy atom. The van der Waals surface area contributed by atoms with Gasteiger partial charge in [0.25, 0.3) is 0 Å². The molecule has 3 N–H and O–H groups in total. The minimum absolute atomic E-state index is 0.495. The van der Waals surface area contributed by atoms with Crippen LogP contribution in [0.1, 0.15) is 22.8 Å². The molecular weight excluding hydrogens is 220 g/mol. The summed E-state index contributed by atoms with van der Waals surface area (Å²) < 4.78 is 0. The molecule has 1 unspecified atom stereocenters. The zero-order chi connectivity index (χ0) is 11.5. The maximum atomic E-state index is 10.1. The second kappa shape index (κ2) is 4.63. The fourth-order valence-corrected chi connectivity index (χ4v) is 2.55. The first kappa shape index (κ1) is 11.1. The van der Waals surface area contributed by atoms with Crippen molar-refractivity contribution >= 4 is 17.2 Å². The van der Waals surface area contributed by atoms with Gasteiger partial charge in [-0.05, 0) is 40.4 Å². The molecule has 3 nitrogen and oxygen atoms in total. The van der Waals surface area contributed by atoms with Crippen molar-refractivity contribution in [1.82, 2.24) is 4.98 Å². The molecule has 2 rings (SSSR count). The number of aromatic nitrogens is 1. The van der Waals surface area contributed by atoms with Gasteiger partial charge < -0.3 is 10.8 Å². The molecule has 0 aliphatic rings. The highest BCUT2D eigenvalue weighted by molar-refractivity contribution is 7.08. The number of aryl methyl sites for hydroxylation is 1. The lowest BCUT2D eigenvalue weighted by Crippen LogP contribution is -2.05. The monoisotopic (exact) mass is 234 g/mol. The number of aliphatic hydroxyl groups excluding tert-OH is 1. The number of thiophene rings is 1. The van der Waals surface area contributed by atoms with E-state index in [2.05, 4.69) is 4.98 Å². The summed E-state index contributed by atoms with van der Waals surface area (Å²) in [6, 6.07) is 3.73. The van der Waals surface area contributed by atoms with Crippen molar-refractivity contribution in [1.29, 1.82) is 0 Å². The highest BCUT2D eigenvalue weighted by Gasteiger charge is 2.13. The van der Waals surface area contributed by atoms with E-state index in [1.54, 1.807) is 17.5 Å². The topological polar surface area (TPSA) is 59.1 Å². The van der Waals surface area contributed by atoms with Crippen LogP contribution in [0.4, 0.5) is 5.82 Å². The number of nitrogens with two attached hydrogens (primary N) is 1. The summed E-state index contributed by atoms with van der Waals surface area (Å²) in [5.41, 5.74) is 8.73. The van der Waals surface area contributed by atoms with Crippen molar-refractivity contribution in [3.05, 3.63) is 45.8 Å². The second-order valence-electron chi connectivity index (χ2n) is 3.78. The van der Waals surface area contributed by atoms with Gasteiger partial charge in [-0.2, -0.15) is 11.3 Å². The Hall–Kier alpha value is -1.39. The van der Waals surface area contributed by atoms with Gasteiger partial charge in [-0.15, -0.1) is 0 Å². The molecule has 0 bridgehead atoms. The predicted molar refractivity (Wildman–Crippen MR) is 66.4 cm³/mol. The van der Waals surface area contributed by atoms with Crippen molar-refractivity contribution < 1.29 is 5.11 Å². The second-order valence-corrected chi connectivity index (χ2v) is 4.52. The van der Waals surface area contributed by atoms with Crippen molar-refractivity contribution in [2.45, 2.75) is 19.4 Å². The van der Waals surface area contributed by atoms with Crippen LogP contribution in [0.5, 0.6) is 0 Å². The van der Waals surface area contributed by atoms with Gasteiger partial charge >= 0.3 is 0 Å². The molecule has 0 amide bonds. The van der Waals surface area contributed by atoms with E-state index in [1.807, 2.05) is 29.8 Å². The Balaban J connectivity index is 2.17. The number of nitrogen functional groups attached to an aromatic ring is 1. The molecule has 84 valence electrons. The summed E-state index contributed by atoms with van der Waals surface area (Å²) in [5.74, 6) is 0.495. The zero-order valence-corrected chi connectivity index (χ0v) is 9.87. The predicted octanol–water partition coefficient (Wildman–Crippen LogP) is 2.31. The molecule has 0 radical (unpaired) electrons. The maximum Gasteiger partial charge on any atom is 0.126 e. The molecule has 0 aliphatic heterocycles. The molecule has 16 heavy (non-hydrogen) atoms. The van der Waals surface area contributed by atoms with Crippen LogP contribution in [-0.2, 0) is 6.42 Å². The van der Waals surface area contributed by atoms with E-state index in [9.17, 15) is 5.11 Å². The van der Waals surface area contributed by atoms with Crippen LogP contribution < -0.4 is 5.73 Å². The molecule has 0 fully saturated rings. The summed E-state index contributed by atoms with van der Waals surface area (Å²) in [7, 11) is 0. The Labute approximate surface area is 98.6 Å². The van der Waals surface area contributed by atoms with Crippen LogP contribution in [0.15, 0.2) is 29.1 Å². The SMILES string of the molecule is Cc1cscc1C(O)Cc1cccnc1N. The van der Waals surface area contributed by atoms with Gasteiger partial charge in [0.2, 0.25) is 0 Å². The molecule has 0 aliphatic carbocycles. The summed E-state index contributed by atoms with van der Waals surface area (Å²) in [6.07, 6.45) is 1.66. The largest absolute Gasteiger partial charge is 0.388 e. The van der Waals surface area contributed by atoms with Gasteiger partial charge in [-0.1, -0.05) is 6.07 Å². The van der Waals surface area contributed by atoms with Crippen LogP contribution >= 0.6 is 11.3 Å². The zero-order valence-electron chi connectivity index (χ0n) is 9.05. The van der Waals surface area contributed by atoms with Crippen molar-refractivity contribution in [3.8, 4) is 0 Å². The number of anilines is 1. The molecular formula is C12H14N2OS. The standard InChI is InChI=1S/C12H14N2OS/c1-8-6-16-7-10(8)11(15)5-9-3-2-4-14-12(9)13/h2-4,6-7,11,15H,5H2,1H3,(H2,13,14). The number of hydrogen-bond donors (Lipinski definition) is 2. The molecule has 0 aromatic carbocycles. The van der Waals surface area contributed by atoms with E-state index in [0.29, 0.717) is 12.2 Å². The molecule has 0 spiro atoms. The smallest absolute Gasteiger partial charge is 0.126 e. The van der Waals surface area contributed by atoms with E-state index in [0.717, 1.165) is 16.7 Å². The third-order valence-corrected chi connectivity index (χ3v) is 3.47. The summed E-state index contributed by atoms with van der Waals surface area (Å²) in [4.78, 5) is 4.01. The van der Waals surface area contributed by atoms with Gasteiger partial charge in [0, 0.05) is 12.6 Å². The van der Waals surface area contributed by atoms with E-state index in [1.165, 1.54) is 0 Å². The summed E-state index contributed by atoms with van der Waals surface area (Å²) in [5, 5.41) is 14.1. The molecule has 1 atom stereocenters. The van der Waals surface area contributed by atoms with Crippen molar-refractivity contribution in [3.63, 3.8) is 0 Å². The van der Waals surface area contributed by atoms with Crippen LogP contribution in [0.25, 0.3) is 0 Å². The lowest BCUT2D eigenvalue weighted by atomic mass is 10.0. The average Bonchev–Trinajstić information content (AvgIpc) is 2.68. The molecule has 2 heterocycles. The fourth-order valence-electron chi connectivity index (χ4n) is 1.65. The van der Waals surface area contributed by atoms with Crippen molar-refractivity contribution in [2.24, 2.45) is 0 Å². The average molecular weight is 234 g/mol. The first-order chi connectivity index (χ1) is 7.68. The van der Waals surface area contributed by atoms with Crippen LogP contribution in [-0.4, -0.2) is 10.1 Å². The lowest BCUT2D eigenvalue weighted by Gasteiger charge is -2.11. The Morgan fingerprint density at radius 1 is 1.50 bits per heavy atom. The Morgan fingerprint density at radius 2 is 2.31 bits per heavy atom. The molecule has 4 heteroatoms. The minimum Gasteiger partial charge on any atom is -0.388 e. The number of nitrogens with zero attached hydrogens (tertiary/aromatic N) is 1. The highest BCUT2D eigenvalue weighted by atomic mass is 32.1. The van der Waals surface area contributed by atoms with E-state index in [-0.39, 0.29) is 0 Å². The number of hydrogen-bond acceptors (Lipinski definition) is 4. The highest BCUT2D eigenvalue weighted by Crippen LogP contribution is 2.25. The normalized spacial score (nSPS) is 12.6. The molecule has 2 aromatic heterocycles. The first-order valence-corrected chi connectivity index (χ1v) is 6.03. The number of rotatable bonds is 3. The summed E-state index contributed by atoms with van der Waals surface area (Å²) in [6.45, 7) is 2.00. The van der Waals surface area contributed by atoms with Crippen LogP contribution in [0.3, 0.4) is 0 Å². The van der Waals surface area contributed by atoms with E-state index < -0.39 is 6.10 Å². The Kier molecular flexibility index (Phi) is 3.22. The minimum atomic E-state index is -0.502. The van der Waals surface area contributed by atoms with Crippen LogP contribution in [0.2, 0.25) is 0 Å². The van der Waals surface area contributed by atoms with E-state index in [4.69, 9.17) is 5.73 Å². The lowest BCUT2D eigenvalue weighted by molar-refractivity contribution is 0.178. The van der Waals surface area contributed by atoms with Crippen molar-refractivity contribution in [2.75, 3.05) is 5.73 Å². The third kappa shape index (κ3) is 2.23. The number of pyridine rings is 1.